The molecule has 2 aromatic heterocycles. The van der Waals surface area contributed by atoms with Crippen molar-refractivity contribution in [3.05, 3.63) is 41.6 Å². The van der Waals surface area contributed by atoms with Crippen molar-refractivity contribution in [2.75, 3.05) is 0 Å². The Morgan fingerprint density at radius 2 is 2.17 bits per heavy atom. The number of carbonyl (C=O) groups excluding carboxylic acids is 1. The maximum Gasteiger partial charge on any atom is 0.103 e. The zero-order valence-electron chi connectivity index (χ0n) is 15.0. The summed E-state index contributed by atoms with van der Waals surface area (Å²) in [5.74, 6) is 2.55. The van der Waals surface area contributed by atoms with Gasteiger partial charge in [0.1, 0.15) is 5.78 Å². The van der Waals surface area contributed by atoms with Crippen molar-refractivity contribution in [1.29, 1.82) is 0 Å². The average Bonchev–Trinajstić information content (AvgIpc) is 2.82. The topological polar surface area (TPSA) is 34.4 Å². The van der Waals surface area contributed by atoms with Crippen LogP contribution in [0.3, 0.4) is 0 Å². The van der Waals surface area contributed by atoms with Crippen molar-refractivity contribution >= 4 is 11.3 Å². The number of nitrogens with zero attached hydrogens (tertiary/aromatic N) is 2. The third-order valence-corrected chi connectivity index (χ3v) is 4.99. The predicted molar refractivity (Wildman–Crippen MR) is 95.8 cm³/mol. The first-order valence-electron chi connectivity index (χ1n) is 8.84. The fraction of sp³-hybridized carbons (Fsp3) is 0.550. The van der Waals surface area contributed by atoms with Gasteiger partial charge >= 0.3 is 0 Å². The largest absolute Gasteiger partial charge is 0.313 e. The van der Waals surface area contributed by atoms with Gasteiger partial charge in [-0.05, 0) is 37.3 Å². The van der Waals surface area contributed by atoms with Crippen LogP contribution < -0.4 is 0 Å². The van der Waals surface area contributed by atoms with Crippen LogP contribution in [-0.4, -0.2) is 15.4 Å². The Bertz CT molecular complexity index is 694. The summed E-state index contributed by atoms with van der Waals surface area (Å²) < 4.78 is 2.02. The van der Waals surface area contributed by atoms with Crippen LogP contribution >= 0.6 is 0 Å². The molecule has 1 fully saturated rings. The molecule has 3 rings (SSSR count). The molecule has 0 aliphatic heterocycles. The van der Waals surface area contributed by atoms with Gasteiger partial charge in [0.2, 0.25) is 0 Å². The van der Waals surface area contributed by atoms with Crippen molar-refractivity contribution in [3.8, 4) is 0 Å². The van der Waals surface area contributed by atoms with Crippen molar-refractivity contribution in [3.63, 3.8) is 0 Å². The van der Waals surface area contributed by atoms with Gasteiger partial charge in [-0.3, -0.25) is 0 Å². The Labute approximate surface area is 158 Å². The zero-order chi connectivity index (χ0) is 16.4. The van der Waals surface area contributed by atoms with Crippen LogP contribution in [0.25, 0.3) is 5.52 Å². The number of pyridine rings is 1. The van der Waals surface area contributed by atoms with Gasteiger partial charge in [0.25, 0.3) is 0 Å². The van der Waals surface area contributed by atoms with E-state index in [1.807, 2.05) is 30.6 Å². The Morgan fingerprint density at radius 1 is 1.42 bits per heavy atom. The molecule has 3 nitrogen and oxygen atoms in total. The fourth-order valence-corrected chi connectivity index (χ4v) is 3.51. The van der Waals surface area contributed by atoms with Gasteiger partial charge in [0, 0.05) is 44.1 Å². The SMILES string of the molecule is C[C-](C)CC(=O)CCC(C)c1nn2ccccc2c1C1CCC1.[HH].[V]. The average molecular weight is 364 g/mol. The fourth-order valence-electron chi connectivity index (χ4n) is 3.51. The number of ketones is 1. The number of aromatic nitrogens is 2. The van der Waals surface area contributed by atoms with E-state index in [4.69, 9.17) is 5.10 Å². The van der Waals surface area contributed by atoms with Gasteiger partial charge in [0.15, 0.2) is 0 Å². The monoisotopic (exact) mass is 364 g/mol. The predicted octanol–water partition coefficient (Wildman–Crippen LogP) is 5.30. The molecule has 1 saturated carbocycles. The standard InChI is InChI=1S/C20H27N2O.V.H2/c1-14(2)13-17(23)11-10-15(3)20-19(16-7-6-8-16)18-9-4-5-12-22(18)21-20;;/h4-5,9,12,15-16H,6-8,10-11,13H2,1-3H3;;1H/q-1;;. The van der Waals surface area contributed by atoms with Crippen molar-refractivity contribution in [1.82, 2.24) is 9.61 Å². The molecule has 24 heavy (non-hydrogen) atoms. The van der Waals surface area contributed by atoms with Gasteiger partial charge in [0.05, 0.1) is 11.2 Å². The summed E-state index contributed by atoms with van der Waals surface area (Å²) in [6.07, 6.45) is 8.09. The number of rotatable bonds is 7. The first-order valence-corrected chi connectivity index (χ1v) is 8.84. The van der Waals surface area contributed by atoms with Crippen LogP contribution in [-0.2, 0) is 23.4 Å². The molecule has 1 radical (unpaired) electrons. The number of Topliss-reactive ketones (excluding diaryl/α,β-unsaturated/α-hetero) is 1. The minimum absolute atomic E-state index is 0. The molecule has 1 aliphatic rings. The Hall–Kier alpha value is -1.06. The Morgan fingerprint density at radius 3 is 2.79 bits per heavy atom. The van der Waals surface area contributed by atoms with Crippen LogP contribution in [0.4, 0.5) is 0 Å². The molecule has 4 heteroatoms. The van der Waals surface area contributed by atoms with Gasteiger partial charge in [-0.1, -0.05) is 19.4 Å². The van der Waals surface area contributed by atoms with E-state index in [0.29, 0.717) is 30.5 Å². The molecule has 0 spiro atoms. The smallest absolute Gasteiger partial charge is 0.103 e. The van der Waals surface area contributed by atoms with E-state index in [-0.39, 0.29) is 20.0 Å². The Kier molecular flexibility index (Phi) is 6.71. The second kappa shape index (κ2) is 8.35. The molecule has 0 amide bonds. The normalized spacial score (nSPS) is 16.0. The number of hydrogen-bond donors (Lipinski definition) is 0. The minimum Gasteiger partial charge on any atom is -0.313 e. The number of fused-ring (bicyclic) bond motifs is 1. The first kappa shape index (κ1) is 19.3. The van der Waals surface area contributed by atoms with Crippen LogP contribution in [0.1, 0.15) is 83.8 Å². The van der Waals surface area contributed by atoms with E-state index in [1.165, 1.54) is 42.0 Å². The summed E-state index contributed by atoms with van der Waals surface area (Å²) in [4.78, 5) is 12.0. The van der Waals surface area contributed by atoms with Gasteiger partial charge in [-0.15, -0.1) is 6.42 Å². The second-order valence-corrected chi connectivity index (χ2v) is 7.32. The molecule has 0 saturated heterocycles. The molecular weight excluding hydrogens is 335 g/mol. The molecule has 0 N–H and O–H groups in total. The first-order chi connectivity index (χ1) is 11.1. The van der Waals surface area contributed by atoms with Gasteiger partial charge in [-0.25, -0.2) is 4.52 Å². The maximum atomic E-state index is 12.0. The van der Waals surface area contributed by atoms with E-state index in [0.717, 1.165) is 6.42 Å². The summed E-state index contributed by atoms with van der Waals surface area (Å²) in [5.41, 5.74) is 3.91. The molecule has 2 heterocycles. The summed E-state index contributed by atoms with van der Waals surface area (Å²) >= 11 is 0. The number of hydrogen-bond acceptors (Lipinski definition) is 2. The van der Waals surface area contributed by atoms with Crippen molar-refractivity contribution < 1.29 is 24.8 Å². The third-order valence-electron chi connectivity index (χ3n) is 4.99. The van der Waals surface area contributed by atoms with Crippen molar-refractivity contribution in [2.45, 2.75) is 71.1 Å². The van der Waals surface area contributed by atoms with Crippen LogP contribution in [0.2, 0.25) is 0 Å². The van der Waals surface area contributed by atoms with Crippen LogP contribution in [0.15, 0.2) is 24.4 Å². The summed E-state index contributed by atoms with van der Waals surface area (Å²) in [6, 6.07) is 6.30. The van der Waals surface area contributed by atoms with E-state index < -0.39 is 0 Å². The zero-order valence-corrected chi connectivity index (χ0v) is 16.4. The van der Waals surface area contributed by atoms with E-state index in [9.17, 15) is 4.79 Å². The van der Waals surface area contributed by atoms with E-state index in [1.54, 1.807) is 0 Å². The summed E-state index contributed by atoms with van der Waals surface area (Å²) in [6.45, 7) is 6.27. The van der Waals surface area contributed by atoms with Gasteiger partial charge in [-0.2, -0.15) is 18.9 Å². The summed E-state index contributed by atoms with van der Waals surface area (Å²) in [7, 11) is 0. The third kappa shape index (κ3) is 4.12. The molecule has 131 valence electrons. The van der Waals surface area contributed by atoms with Crippen LogP contribution in [0.5, 0.6) is 0 Å². The van der Waals surface area contributed by atoms with E-state index >= 15 is 0 Å². The molecule has 1 atom stereocenters. The molecular formula is C20H29N2OV-. The molecule has 1 unspecified atom stereocenters. The number of carbonyl (C=O) groups is 1. The quantitative estimate of drug-likeness (QED) is 0.625. The van der Waals surface area contributed by atoms with Crippen LogP contribution in [0, 0.1) is 5.92 Å². The van der Waals surface area contributed by atoms with E-state index in [2.05, 4.69) is 19.1 Å². The minimum atomic E-state index is 0. The van der Waals surface area contributed by atoms with Crippen molar-refractivity contribution in [2.24, 2.45) is 0 Å². The maximum absolute atomic E-state index is 12.0. The summed E-state index contributed by atoms with van der Waals surface area (Å²) in [5, 5.41) is 4.85. The van der Waals surface area contributed by atoms with Gasteiger partial charge < -0.3 is 10.7 Å². The molecule has 0 aromatic carbocycles. The second-order valence-electron chi connectivity index (χ2n) is 7.32. The Balaban J connectivity index is 0.00000156. The molecule has 1 aliphatic carbocycles. The molecule has 2 aromatic rings. The molecule has 0 bridgehead atoms.